The van der Waals surface area contributed by atoms with Crippen LogP contribution in [-0.4, -0.2) is 43.2 Å². The standard InChI is InChI=1S/C19H22FN5O3/c1-12(2)25-18(28)17(27)24-11-19(10-15(24)22-25)4-7-23(8-5-19)16(26)13-3-6-21-14(20)9-13/h3,6,9,12H,4-5,7-8,10-11H2,1-2H3. The van der Waals surface area contributed by atoms with Gasteiger partial charge in [-0.3, -0.25) is 19.0 Å². The average Bonchev–Trinajstić information content (AvgIpc) is 3.03. The van der Waals surface area contributed by atoms with Crippen LogP contribution < -0.4 is 11.1 Å². The lowest BCUT2D eigenvalue weighted by Crippen LogP contribution is -2.45. The first kappa shape index (κ1) is 18.5. The zero-order valence-electron chi connectivity index (χ0n) is 15.9. The molecule has 1 amide bonds. The van der Waals surface area contributed by atoms with Gasteiger partial charge in [0.05, 0.1) is 6.04 Å². The largest absolute Gasteiger partial charge is 0.339 e. The van der Waals surface area contributed by atoms with Crippen LogP contribution in [0.5, 0.6) is 0 Å². The summed E-state index contributed by atoms with van der Waals surface area (Å²) < 4.78 is 16.0. The molecule has 0 aliphatic carbocycles. The third kappa shape index (κ3) is 3.04. The molecule has 1 spiro atoms. The van der Waals surface area contributed by atoms with Gasteiger partial charge in [-0.1, -0.05) is 0 Å². The predicted octanol–water partition coefficient (Wildman–Crippen LogP) is 0.999. The molecule has 0 N–H and O–H groups in total. The Morgan fingerprint density at radius 1 is 1.21 bits per heavy atom. The van der Waals surface area contributed by atoms with E-state index in [-0.39, 0.29) is 22.9 Å². The fourth-order valence-corrected chi connectivity index (χ4v) is 4.16. The van der Waals surface area contributed by atoms with E-state index in [1.165, 1.54) is 21.5 Å². The first-order valence-electron chi connectivity index (χ1n) is 9.43. The van der Waals surface area contributed by atoms with Gasteiger partial charge < -0.3 is 4.90 Å². The molecule has 0 aromatic carbocycles. The Morgan fingerprint density at radius 3 is 2.57 bits per heavy atom. The highest BCUT2D eigenvalue weighted by Crippen LogP contribution is 2.40. The second kappa shape index (κ2) is 6.65. The Kier molecular flexibility index (Phi) is 4.40. The van der Waals surface area contributed by atoms with Crippen LogP contribution in [0.15, 0.2) is 27.9 Å². The van der Waals surface area contributed by atoms with E-state index in [4.69, 9.17) is 0 Å². The third-order valence-corrected chi connectivity index (χ3v) is 5.77. The Morgan fingerprint density at radius 2 is 1.93 bits per heavy atom. The van der Waals surface area contributed by atoms with Crippen molar-refractivity contribution in [3.8, 4) is 0 Å². The Balaban J connectivity index is 1.52. The fraction of sp³-hybridized carbons (Fsp3) is 0.526. The minimum Gasteiger partial charge on any atom is -0.339 e. The minimum absolute atomic E-state index is 0.178. The number of pyridine rings is 1. The number of rotatable bonds is 2. The Labute approximate surface area is 160 Å². The summed E-state index contributed by atoms with van der Waals surface area (Å²) in [5.74, 6) is -0.265. The van der Waals surface area contributed by atoms with Crippen molar-refractivity contribution in [2.45, 2.75) is 45.7 Å². The summed E-state index contributed by atoms with van der Waals surface area (Å²) in [5, 5.41) is 4.41. The highest BCUT2D eigenvalue weighted by molar-refractivity contribution is 5.94. The van der Waals surface area contributed by atoms with E-state index in [9.17, 15) is 18.8 Å². The minimum atomic E-state index is -0.678. The lowest BCUT2D eigenvalue weighted by Gasteiger charge is -2.38. The second-order valence-electron chi connectivity index (χ2n) is 7.99. The summed E-state index contributed by atoms with van der Waals surface area (Å²) in [6.07, 6.45) is 3.29. The third-order valence-electron chi connectivity index (χ3n) is 5.77. The first-order valence-corrected chi connectivity index (χ1v) is 9.43. The number of aromatic nitrogens is 4. The molecule has 0 saturated carbocycles. The van der Waals surface area contributed by atoms with Gasteiger partial charge in [0, 0.05) is 43.9 Å². The fourth-order valence-electron chi connectivity index (χ4n) is 4.16. The molecule has 0 bridgehead atoms. The predicted molar refractivity (Wildman–Crippen MR) is 98.6 cm³/mol. The van der Waals surface area contributed by atoms with Crippen molar-refractivity contribution in [2.24, 2.45) is 5.41 Å². The van der Waals surface area contributed by atoms with Crippen LogP contribution in [0.2, 0.25) is 0 Å². The number of fused-ring (bicyclic) bond motifs is 1. The highest BCUT2D eigenvalue weighted by atomic mass is 19.1. The molecular formula is C19H22FN5O3. The topological polar surface area (TPSA) is 90.1 Å². The molecule has 2 aromatic heterocycles. The molecule has 0 radical (unpaired) electrons. The van der Waals surface area contributed by atoms with Crippen LogP contribution in [0.1, 0.15) is 48.9 Å². The van der Waals surface area contributed by atoms with E-state index >= 15 is 0 Å². The number of carbonyl (C=O) groups is 1. The number of hydrogen-bond acceptors (Lipinski definition) is 5. The van der Waals surface area contributed by atoms with Crippen molar-refractivity contribution in [1.82, 2.24) is 24.2 Å². The van der Waals surface area contributed by atoms with E-state index in [2.05, 4.69) is 10.1 Å². The lowest BCUT2D eigenvalue weighted by atomic mass is 9.77. The van der Waals surface area contributed by atoms with Gasteiger partial charge in [-0.25, -0.2) is 9.67 Å². The summed E-state index contributed by atoms with van der Waals surface area (Å²) in [6, 6.07) is 2.47. The van der Waals surface area contributed by atoms with Gasteiger partial charge >= 0.3 is 11.1 Å². The van der Waals surface area contributed by atoms with Gasteiger partial charge in [-0.05, 0) is 38.2 Å². The molecule has 0 atom stereocenters. The first-order chi connectivity index (χ1) is 13.3. The summed E-state index contributed by atoms with van der Waals surface area (Å²) in [7, 11) is 0. The van der Waals surface area contributed by atoms with Crippen LogP contribution in [0, 0.1) is 11.4 Å². The van der Waals surface area contributed by atoms with Crippen molar-refractivity contribution in [3.05, 3.63) is 56.4 Å². The summed E-state index contributed by atoms with van der Waals surface area (Å²) in [5.41, 5.74) is -1.02. The van der Waals surface area contributed by atoms with Gasteiger partial charge in [0.15, 0.2) is 0 Å². The number of amides is 1. The van der Waals surface area contributed by atoms with Crippen LogP contribution in [0.4, 0.5) is 4.39 Å². The van der Waals surface area contributed by atoms with Crippen LogP contribution >= 0.6 is 0 Å². The maximum absolute atomic E-state index is 13.3. The quantitative estimate of drug-likeness (QED) is 0.566. The molecule has 0 unspecified atom stereocenters. The van der Waals surface area contributed by atoms with Crippen molar-refractivity contribution in [1.29, 1.82) is 0 Å². The van der Waals surface area contributed by atoms with Gasteiger partial charge in [0.25, 0.3) is 5.91 Å². The summed E-state index contributed by atoms with van der Waals surface area (Å²) >= 11 is 0. The molecule has 4 heterocycles. The van der Waals surface area contributed by atoms with Gasteiger partial charge in [0.1, 0.15) is 5.82 Å². The molecule has 148 valence electrons. The van der Waals surface area contributed by atoms with Crippen molar-refractivity contribution < 1.29 is 9.18 Å². The maximum Gasteiger partial charge on any atom is 0.332 e. The van der Waals surface area contributed by atoms with Gasteiger partial charge in [-0.15, -0.1) is 0 Å². The van der Waals surface area contributed by atoms with E-state index in [1.54, 1.807) is 4.90 Å². The highest BCUT2D eigenvalue weighted by Gasteiger charge is 2.43. The number of piperidine rings is 1. The molecular weight excluding hydrogens is 365 g/mol. The second-order valence-corrected chi connectivity index (χ2v) is 7.99. The molecule has 2 aliphatic heterocycles. The number of halogens is 1. The molecule has 28 heavy (non-hydrogen) atoms. The molecule has 4 rings (SSSR count). The molecule has 1 saturated heterocycles. The molecule has 8 nitrogen and oxygen atoms in total. The Hall–Kier alpha value is -2.84. The molecule has 2 aromatic rings. The zero-order valence-corrected chi connectivity index (χ0v) is 15.9. The molecule has 1 fully saturated rings. The van der Waals surface area contributed by atoms with Crippen molar-refractivity contribution >= 4 is 5.91 Å². The van der Waals surface area contributed by atoms with Crippen LogP contribution in [0.3, 0.4) is 0 Å². The van der Waals surface area contributed by atoms with Crippen LogP contribution in [0.25, 0.3) is 0 Å². The zero-order chi connectivity index (χ0) is 20.1. The number of likely N-dealkylation sites (tertiary alicyclic amines) is 1. The summed E-state index contributed by atoms with van der Waals surface area (Å²) in [6.45, 7) is 5.12. The number of nitrogens with zero attached hydrogens (tertiary/aromatic N) is 5. The normalized spacial score (nSPS) is 17.9. The van der Waals surface area contributed by atoms with E-state index in [0.29, 0.717) is 44.7 Å². The smallest absolute Gasteiger partial charge is 0.332 e. The van der Waals surface area contributed by atoms with E-state index < -0.39 is 17.1 Å². The molecule has 9 heteroatoms. The SMILES string of the molecule is CC(C)n1nc2n(c(=O)c1=O)CC1(CCN(C(=O)c3ccnc(F)c3)CC1)C2. The van der Waals surface area contributed by atoms with Crippen molar-refractivity contribution in [3.63, 3.8) is 0 Å². The monoisotopic (exact) mass is 387 g/mol. The summed E-state index contributed by atoms with van der Waals surface area (Å²) in [4.78, 5) is 42.5. The number of hydrogen-bond donors (Lipinski definition) is 0. The Bertz CT molecular complexity index is 1050. The molecule has 2 aliphatic rings. The van der Waals surface area contributed by atoms with Gasteiger partial charge in [0.2, 0.25) is 5.95 Å². The van der Waals surface area contributed by atoms with E-state index in [1.807, 2.05) is 13.8 Å². The van der Waals surface area contributed by atoms with Crippen molar-refractivity contribution in [2.75, 3.05) is 13.1 Å². The number of carbonyl (C=O) groups excluding carboxylic acids is 1. The van der Waals surface area contributed by atoms with Gasteiger partial charge in [-0.2, -0.15) is 9.49 Å². The lowest BCUT2D eigenvalue weighted by molar-refractivity contribution is 0.0575. The average molecular weight is 387 g/mol. The van der Waals surface area contributed by atoms with Crippen LogP contribution in [-0.2, 0) is 13.0 Å². The van der Waals surface area contributed by atoms with E-state index in [0.717, 1.165) is 6.07 Å². The maximum atomic E-state index is 13.3.